The van der Waals surface area contributed by atoms with Crippen LogP contribution in [0.2, 0.25) is 0 Å². The molecule has 0 aliphatic heterocycles. The van der Waals surface area contributed by atoms with Crippen LogP contribution in [0.1, 0.15) is 174 Å². The van der Waals surface area contributed by atoms with E-state index in [4.69, 9.17) is 22.3 Å². The summed E-state index contributed by atoms with van der Waals surface area (Å²) in [7, 11) is 0. The van der Waals surface area contributed by atoms with Crippen LogP contribution in [0.25, 0.3) is 0 Å². The minimum absolute atomic E-state index is 0. The molecule has 0 saturated heterocycles. The number of carbonyl (C=O) groups excluding carboxylic acids is 3. The Bertz CT molecular complexity index is 783. The SMILES string of the molecule is CCCCCCCCCCCC(=O)N(C(=O)CCCCCCCCCCC)[C@@H](CCC(N)=O)C(=O)O.NCCCCC(N)C(=O)O.[NaH]. The molecule has 0 radical (unpaired) electrons. The predicted molar refractivity (Wildman–Crippen MR) is 191 cm³/mol. The van der Waals surface area contributed by atoms with Gasteiger partial charge in [0.1, 0.15) is 12.1 Å². The third-order valence-electron chi connectivity index (χ3n) is 8.07. The van der Waals surface area contributed by atoms with Crippen LogP contribution >= 0.6 is 0 Å². The second-order valence-corrected chi connectivity index (χ2v) is 12.4. The topological polar surface area (TPSA) is 207 Å². The third kappa shape index (κ3) is 31.5. The van der Waals surface area contributed by atoms with Gasteiger partial charge in [0.25, 0.3) is 0 Å². The summed E-state index contributed by atoms with van der Waals surface area (Å²) in [6.45, 7) is 5.00. The zero-order chi connectivity index (χ0) is 35.0. The van der Waals surface area contributed by atoms with Gasteiger partial charge in [0.2, 0.25) is 17.7 Å². The molecule has 0 aromatic carbocycles. The monoisotopic (exact) mass is 681 g/mol. The van der Waals surface area contributed by atoms with Crippen molar-refractivity contribution in [3.63, 3.8) is 0 Å². The summed E-state index contributed by atoms with van der Waals surface area (Å²) < 4.78 is 0. The van der Waals surface area contributed by atoms with E-state index in [0.29, 0.717) is 25.8 Å². The molecule has 11 nitrogen and oxygen atoms in total. The molecule has 1 unspecified atom stereocenters. The standard InChI is InChI=1S/C29H54N2O5.C6H14N2O2.Na.H/c1-3-5-7-9-11-13-15-17-19-21-27(33)31(25(29(35)36)23-24-26(30)32)28(34)22-20-18-16-14-12-10-8-6-4-2;7-4-2-1-3-5(8)6(9)10;;/h25H,3-24H2,1-2H3,(H2,30,32)(H,35,36);5H,1-4,7-8H2,(H,9,10);;/t25-;;;/m0.../s1. The molecule has 0 rings (SSSR count). The van der Waals surface area contributed by atoms with Gasteiger partial charge in [-0.25, -0.2) is 4.79 Å². The summed E-state index contributed by atoms with van der Waals surface area (Å²) in [5.74, 6) is -3.74. The van der Waals surface area contributed by atoms with Crippen LogP contribution in [-0.4, -0.2) is 93.0 Å². The van der Waals surface area contributed by atoms with Crippen LogP contribution in [0.5, 0.6) is 0 Å². The van der Waals surface area contributed by atoms with Crippen molar-refractivity contribution in [2.45, 2.75) is 186 Å². The Labute approximate surface area is 307 Å². The van der Waals surface area contributed by atoms with Crippen molar-refractivity contribution in [2.24, 2.45) is 17.2 Å². The molecule has 0 aliphatic carbocycles. The molecule has 0 aliphatic rings. The maximum atomic E-state index is 13.0. The summed E-state index contributed by atoms with van der Waals surface area (Å²) in [6, 6.07) is -2.05. The summed E-state index contributed by atoms with van der Waals surface area (Å²) in [5.41, 5.74) is 15.6. The minimum atomic E-state index is -1.34. The molecule has 0 bridgehead atoms. The maximum absolute atomic E-state index is 13.0. The van der Waals surface area contributed by atoms with E-state index in [0.717, 1.165) is 56.3 Å². The van der Waals surface area contributed by atoms with Gasteiger partial charge in [-0.2, -0.15) is 0 Å². The number of aliphatic carboxylic acids is 2. The first-order valence-electron chi connectivity index (χ1n) is 18.1. The van der Waals surface area contributed by atoms with Crippen LogP contribution in [0.3, 0.4) is 0 Å². The zero-order valence-corrected chi connectivity index (χ0v) is 29.2. The Morgan fingerprint density at radius 1 is 0.553 bits per heavy atom. The fraction of sp³-hybridized carbons (Fsp3) is 0.857. The first-order valence-corrected chi connectivity index (χ1v) is 18.1. The summed E-state index contributed by atoms with van der Waals surface area (Å²) in [6.07, 6.45) is 22.0. The van der Waals surface area contributed by atoms with Crippen LogP contribution < -0.4 is 17.2 Å². The molecule has 0 aromatic heterocycles. The van der Waals surface area contributed by atoms with E-state index in [9.17, 15) is 29.1 Å². The molecular formula is C35H69N4NaO7. The predicted octanol–water partition coefficient (Wildman–Crippen LogP) is 5.78. The molecule has 3 amide bonds. The van der Waals surface area contributed by atoms with Gasteiger partial charge < -0.3 is 27.4 Å². The Morgan fingerprint density at radius 2 is 0.936 bits per heavy atom. The fourth-order valence-electron chi connectivity index (χ4n) is 5.18. The Kier molecular flexibility index (Phi) is 37.9. The van der Waals surface area contributed by atoms with Crippen molar-refractivity contribution in [2.75, 3.05) is 6.54 Å². The number of nitrogens with two attached hydrogens (primary N) is 3. The first kappa shape index (κ1) is 49.9. The van der Waals surface area contributed by atoms with E-state index in [1.807, 2.05) is 0 Å². The van der Waals surface area contributed by atoms with Crippen molar-refractivity contribution in [1.29, 1.82) is 0 Å². The molecule has 0 heterocycles. The van der Waals surface area contributed by atoms with Crippen molar-refractivity contribution in [3.05, 3.63) is 0 Å². The number of amides is 3. The van der Waals surface area contributed by atoms with Crippen LogP contribution in [0, 0.1) is 0 Å². The van der Waals surface area contributed by atoms with Gasteiger partial charge in [-0.3, -0.25) is 24.1 Å². The number of unbranched alkanes of at least 4 members (excludes halogenated alkanes) is 17. The van der Waals surface area contributed by atoms with E-state index in [-0.39, 0.29) is 55.2 Å². The summed E-state index contributed by atoms with van der Waals surface area (Å²) in [5, 5.41) is 18.0. The van der Waals surface area contributed by atoms with E-state index in [2.05, 4.69) is 13.8 Å². The molecule has 0 fully saturated rings. The number of carbonyl (C=O) groups is 5. The quantitative estimate of drug-likeness (QED) is 0.0459. The second kappa shape index (κ2) is 35.8. The fourth-order valence-corrected chi connectivity index (χ4v) is 5.18. The van der Waals surface area contributed by atoms with Crippen molar-refractivity contribution in [1.82, 2.24) is 4.90 Å². The van der Waals surface area contributed by atoms with E-state index >= 15 is 0 Å². The van der Waals surface area contributed by atoms with Crippen molar-refractivity contribution >= 4 is 59.2 Å². The Hall–Kier alpha value is -1.53. The number of hydrogen-bond acceptors (Lipinski definition) is 7. The molecule has 8 N–H and O–H groups in total. The molecule has 0 spiro atoms. The molecule has 47 heavy (non-hydrogen) atoms. The summed E-state index contributed by atoms with van der Waals surface area (Å²) >= 11 is 0. The van der Waals surface area contributed by atoms with Gasteiger partial charge in [-0.15, -0.1) is 0 Å². The summed E-state index contributed by atoms with van der Waals surface area (Å²) in [4.78, 5) is 60.1. The van der Waals surface area contributed by atoms with Gasteiger partial charge in [-0.05, 0) is 38.6 Å². The van der Waals surface area contributed by atoms with Gasteiger partial charge in [-0.1, -0.05) is 123 Å². The number of hydrogen-bond donors (Lipinski definition) is 5. The Morgan fingerprint density at radius 3 is 1.26 bits per heavy atom. The van der Waals surface area contributed by atoms with Gasteiger partial charge >= 0.3 is 41.5 Å². The van der Waals surface area contributed by atoms with Gasteiger partial charge in [0, 0.05) is 19.3 Å². The average molecular weight is 681 g/mol. The number of nitrogens with zero attached hydrogens (tertiary/aromatic N) is 1. The van der Waals surface area contributed by atoms with Crippen LogP contribution in [-0.2, 0) is 24.0 Å². The first-order chi connectivity index (χ1) is 22.0. The average Bonchev–Trinajstić information content (AvgIpc) is 3.01. The Balaban J connectivity index is -0.00000151. The number of carboxylic acid groups (broad SMARTS) is 2. The van der Waals surface area contributed by atoms with Gasteiger partial charge in [0.05, 0.1) is 0 Å². The normalized spacial score (nSPS) is 11.8. The van der Waals surface area contributed by atoms with Crippen molar-refractivity contribution in [3.8, 4) is 0 Å². The molecule has 0 saturated carbocycles. The number of primary amides is 1. The number of imide groups is 1. The van der Waals surface area contributed by atoms with Gasteiger partial charge in [0.15, 0.2) is 0 Å². The molecule has 12 heteroatoms. The molecular weight excluding hydrogens is 611 g/mol. The van der Waals surface area contributed by atoms with Crippen LogP contribution in [0.4, 0.5) is 0 Å². The molecule has 0 aromatic rings. The number of carboxylic acids is 2. The second-order valence-electron chi connectivity index (χ2n) is 12.4. The van der Waals surface area contributed by atoms with Crippen LogP contribution in [0.15, 0.2) is 0 Å². The zero-order valence-electron chi connectivity index (χ0n) is 29.2. The molecule has 272 valence electrons. The third-order valence-corrected chi connectivity index (χ3v) is 8.07. The number of rotatable bonds is 30. The van der Waals surface area contributed by atoms with E-state index < -0.39 is 41.7 Å². The van der Waals surface area contributed by atoms with E-state index in [1.165, 1.54) is 64.2 Å². The van der Waals surface area contributed by atoms with Crippen molar-refractivity contribution < 1.29 is 34.2 Å². The van der Waals surface area contributed by atoms with E-state index in [1.54, 1.807) is 0 Å². The molecule has 2 atom stereocenters.